The molecular formula is C19H20BrF3N4O5. The summed E-state index contributed by atoms with van der Waals surface area (Å²) in [6.45, 7) is 2.00. The number of piperidine rings is 1. The van der Waals surface area contributed by atoms with Crippen LogP contribution in [-0.2, 0) is 14.3 Å². The van der Waals surface area contributed by atoms with Gasteiger partial charge in [-0.05, 0) is 38.1 Å². The van der Waals surface area contributed by atoms with E-state index in [-0.39, 0.29) is 23.4 Å². The summed E-state index contributed by atoms with van der Waals surface area (Å²) in [6, 6.07) is 3.70. The molecule has 2 aromatic heterocycles. The molecule has 0 bridgehead atoms. The summed E-state index contributed by atoms with van der Waals surface area (Å²) in [7, 11) is 0. The minimum atomic E-state index is -5.08. The van der Waals surface area contributed by atoms with Crippen molar-refractivity contribution in [3.05, 3.63) is 34.7 Å². The van der Waals surface area contributed by atoms with E-state index < -0.39 is 12.1 Å². The Labute approximate surface area is 188 Å². The first kappa shape index (κ1) is 24.0. The van der Waals surface area contributed by atoms with Gasteiger partial charge in [-0.1, -0.05) is 15.9 Å². The van der Waals surface area contributed by atoms with Crippen molar-refractivity contribution in [1.82, 2.24) is 20.0 Å². The molecule has 0 aliphatic carbocycles. The van der Waals surface area contributed by atoms with Crippen LogP contribution >= 0.6 is 15.9 Å². The number of carbonyl (C=O) groups is 3. The summed E-state index contributed by atoms with van der Waals surface area (Å²) in [5, 5.41) is 13.3. The summed E-state index contributed by atoms with van der Waals surface area (Å²) < 4.78 is 39.9. The minimum absolute atomic E-state index is 0.118. The number of alkyl halides is 3. The number of carboxylic acid groups (broad SMARTS) is 1. The number of aromatic nitrogens is 2. The van der Waals surface area contributed by atoms with Gasteiger partial charge in [-0.25, -0.2) is 9.78 Å². The van der Waals surface area contributed by atoms with E-state index >= 15 is 0 Å². The molecule has 0 aromatic carbocycles. The molecular weight excluding hydrogens is 501 g/mol. The SMILES string of the molecule is O=C(NCC1CC2(CCNCC2)C(=O)O1)c1cnc2cc(Br)ccn12.O=C(O)C(F)(F)F. The second kappa shape index (κ2) is 9.45. The van der Waals surface area contributed by atoms with E-state index in [2.05, 4.69) is 31.5 Å². The second-order valence-corrected chi connectivity index (χ2v) is 8.41. The quantitative estimate of drug-likeness (QED) is 0.530. The van der Waals surface area contributed by atoms with E-state index in [1.807, 2.05) is 12.1 Å². The van der Waals surface area contributed by atoms with Crippen LogP contribution in [0.15, 0.2) is 29.0 Å². The van der Waals surface area contributed by atoms with E-state index in [9.17, 15) is 22.8 Å². The summed E-state index contributed by atoms with van der Waals surface area (Å²) in [5.74, 6) is -3.10. The number of hydrogen-bond donors (Lipinski definition) is 3. The summed E-state index contributed by atoms with van der Waals surface area (Å²) in [4.78, 5) is 37.9. The monoisotopic (exact) mass is 520 g/mol. The Hall–Kier alpha value is -2.67. The number of fused-ring (bicyclic) bond motifs is 1. The average Bonchev–Trinajstić information content (AvgIpc) is 3.27. The van der Waals surface area contributed by atoms with Gasteiger partial charge in [0.1, 0.15) is 17.4 Å². The molecule has 32 heavy (non-hydrogen) atoms. The van der Waals surface area contributed by atoms with Crippen LogP contribution in [0.5, 0.6) is 0 Å². The third-order valence-corrected chi connectivity index (χ3v) is 5.82. The molecule has 2 fully saturated rings. The van der Waals surface area contributed by atoms with Crippen LogP contribution in [0.1, 0.15) is 29.8 Å². The normalized spacial score (nSPS) is 19.9. The smallest absolute Gasteiger partial charge is 0.475 e. The van der Waals surface area contributed by atoms with Gasteiger partial charge in [0.25, 0.3) is 5.91 Å². The molecule has 0 radical (unpaired) electrons. The summed E-state index contributed by atoms with van der Waals surface area (Å²) in [6.07, 6.45) is 0.278. The van der Waals surface area contributed by atoms with Gasteiger partial charge in [0.2, 0.25) is 0 Å². The number of cyclic esters (lactones) is 1. The maximum atomic E-state index is 12.5. The zero-order chi connectivity index (χ0) is 23.5. The average molecular weight is 521 g/mol. The molecule has 13 heteroatoms. The van der Waals surface area contributed by atoms with Gasteiger partial charge in [-0.15, -0.1) is 0 Å². The van der Waals surface area contributed by atoms with E-state index in [0.717, 1.165) is 30.4 Å². The number of pyridine rings is 1. The topological polar surface area (TPSA) is 122 Å². The van der Waals surface area contributed by atoms with Gasteiger partial charge >= 0.3 is 18.1 Å². The molecule has 9 nitrogen and oxygen atoms in total. The maximum absolute atomic E-state index is 12.5. The van der Waals surface area contributed by atoms with E-state index in [1.165, 1.54) is 0 Å². The molecule has 4 rings (SSSR count). The van der Waals surface area contributed by atoms with Crippen molar-refractivity contribution in [2.75, 3.05) is 19.6 Å². The van der Waals surface area contributed by atoms with Crippen molar-refractivity contribution in [2.24, 2.45) is 5.41 Å². The fourth-order valence-electron chi connectivity index (χ4n) is 3.69. The number of ether oxygens (including phenoxy) is 1. The Morgan fingerprint density at radius 2 is 2.03 bits per heavy atom. The molecule has 2 aromatic rings. The highest BCUT2D eigenvalue weighted by Gasteiger charge is 2.49. The van der Waals surface area contributed by atoms with Gasteiger partial charge in [0.15, 0.2) is 0 Å². The largest absolute Gasteiger partial charge is 0.490 e. The number of aliphatic carboxylic acids is 1. The number of esters is 1. The molecule has 0 saturated carbocycles. The Kier molecular flexibility index (Phi) is 7.08. The highest BCUT2D eigenvalue weighted by Crippen LogP contribution is 2.41. The lowest BCUT2D eigenvalue weighted by atomic mass is 9.76. The zero-order valence-corrected chi connectivity index (χ0v) is 18.2. The van der Waals surface area contributed by atoms with Crippen LogP contribution in [0.25, 0.3) is 5.65 Å². The van der Waals surface area contributed by atoms with Crippen LogP contribution in [0.3, 0.4) is 0 Å². The van der Waals surface area contributed by atoms with Gasteiger partial charge in [0, 0.05) is 17.1 Å². The Morgan fingerprint density at radius 1 is 1.38 bits per heavy atom. The van der Waals surface area contributed by atoms with Crippen molar-refractivity contribution in [2.45, 2.75) is 31.5 Å². The number of rotatable bonds is 3. The third-order valence-electron chi connectivity index (χ3n) is 5.33. The predicted octanol–water partition coefficient (Wildman–Crippen LogP) is 2.15. The number of imidazole rings is 1. The number of hydrogen-bond acceptors (Lipinski definition) is 6. The van der Waals surface area contributed by atoms with Crippen LogP contribution in [0.2, 0.25) is 0 Å². The van der Waals surface area contributed by atoms with Crippen molar-refractivity contribution >= 4 is 39.4 Å². The minimum Gasteiger partial charge on any atom is -0.475 e. The highest BCUT2D eigenvalue weighted by molar-refractivity contribution is 9.10. The first-order valence-corrected chi connectivity index (χ1v) is 10.4. The molecule has 2 saturated heterocycles. The van der Waals surface area contributed by atoms with Crippen molar-refractivity contribution in [1.29, 1.82) is 0 Å². The highest BCUT2D eigenvalue weighted by atomic mass is 79.9. The first-order chi connectivity index (χ1) is 15.0. The molecule has 1 amide bonds. The molecule has 1 spiro atoms. The lowest BCUT2D eigenvalue weighted by Crippen LogP contribution is -2.39. The molecule has 4 heterocycles. The van der Waals surface area contributed by atoms with Crippen molar-refractivity contribution < 1.29 is 37.4 Å². The maximum Gasteiger partial charge on any atom is 0.490 e. The Morgan fingerprint density at radius 3 is 2.66 bits per heavy atom. The first-order valence-electron chi connectivity index (χ1n) is 9.64. The lowest BCUT2D eigenvalue weighted by Gasteiger charge is -2.29. The van der Waals surface area contributed by atoms with Gasteiger partial charge in [-0.2, -0.15) is 13.2 Å². The Balaban J connectivity index is 0.000000360. The molecule has 3 N–H and O–H groups in total. The molecule has 1 atom stereocenters. The fraction of sp³-hybridized carbons (Fsp3) is 0.474. The van der Waals surface area contributed by atoms with E-state index in [4.69, 9.17) is 14.6 Å². The van der Waals surface area contributed by atoms with E-state index in [1.54, 1.807) is 16.8 Å². The standard InChI is InChI=1S/C17H19BrN4O3.C2HF3O2/c18-11-1-6-22-13(10-20-14(22)7-11)15(23)21-9-12-8-17(16(24)25-12)2-4-19-5-3-17;3-2(4,5)1(6)7/h1,6-7,10,12,19H,2-5,8-9H2,(H,21,23);(H,6,7). The van der Waals surface area contributed by atoms with Gasteiger partial charge < -0.3 is 20.5 Å². The van der Waals surface area contributed by atoms with Crippen LogP contribution < -0.4 is 10.6 Å². The molecule has 174 valence electrons. The lowest BCUT2D eigenvalue weighted by molar-refractivity contribution is -0.192. The van der Waals surface area contributed by atoms with Crippen molar-refractivity contribution in [3.8, 4) is 0 Å². The number of amides is 1. The Bertz CT molecular complexity index is 1020. The number of halogens is 4. The summed E-state index contributed by atoms with van der Waals surface area (Å²) in [5.41, 5.74) is 0.792. The summed E-state index contributed by atoms with van der Waals surface area (Å²) >= 11 is 3.39. The zero-order valence-electron chi connectivity index (χ0n) is 16.6. The third kappa shape index (κ3) is 5.38. The molecule has 2 aliphatic rings. The van der Waals surface area contributed by atoms with Crippen LogP contribution in [0.4, 0.5) is 13.2 Å². The number of carbonyl (C=O) groups excluding carboxylic acids is 2. The number of nitrogens with one attached hydrogen (secondary N) is 2. The number of nitrogens with zero attached hydrogens (tertiary/aromatic N) is 2. The van der Waals surface area contributed by atoms with E-state index in [0.29, 0.717) is 24.3 Å². The second-order valence-electron chi connectivity index (χ2n) is 7.49. The molecule has 2 aliphatic heterocycles. The predicted molar refractivity (Wildman–Crippen MR) is 108 cm³/mol. The molecule has 1 unspecified atom stereocenters. The van der Waals surface area contributed by atoms with Gasteiger partial charge in [-0.3, -0.25) is 14.0 Å². The van der Waals surface area contributed by atoms with Crippen LogP contribution in [0, 0.1) is 5.41 Å². The van der Waals surface area contributed by atoms with Gasteiger partial charge in [0.05, 0.1) is 18.2 Å². The fourth-order valence-corrected chi connectivity index (χ4v) is 4.01. The number of carboxylic acids is 1. The van der Waals surface area contributed by atoms with Crippen molar-refractivity contribution in [3.63, 3.8) is 0 Å². The van der Waals surface area contributed by atoms with Crippen LogP contribution in [-0.4, -0.2) is 64.3 Å².